The van der Waals surface area contributed by atoms with Crippen LogP contribution in [0.5, 0.6) is 5.75 Å². The lowest BCUT2D eigenvalue weighted by molar-refractivity contribution is -0.519. The molecule has 0 amide bonds. The molecule has 0 unspecified atom stereocenters. The zero-order chi connectivity index (χ0) is 19.5. The van der Waals surface area contributed by atoms with Crippen LogP contribution < -0.4 is 9.14 Å². The molecule has 2 aromatic heterocycles. The maximum atomic E-state index is 9.20. The molecule has 4 aromatic rings. The average molecular weight is 368 g/mol. The minimum atomic E-state index is 0.522. The van der Waals surface area contributed by atoms with Crippen molar-refractivity contribution in [3.05, 3.63) is 101 Å². The highest BCUT2D eigenvalue weighted by Gasteiger charge is 2.24. The van der Waals surface area contributed by atoms with Gasteiger partial charge >= 0.3 is 5.65 Å². The third-order valence-electron chi connectivity index (χ3n) is 5.11. The first-order valence-corrected chi connectivity index (χ1v) is 9.33. The van der Waals surface area contributed by atoms with Crippen molar-refractivity contribution in [2.24, 2.45) is 0 Å². The van der Waals surface area contributed by atoms with E-state index in [1.807, 2.05) is 48.5 Å². The number of imidazole rings is 1. The molecule has 0 spiro atoms. The van der Waals surface area contributed by atoms with E-state index in [4.69, 9.17) is 4.74 Å². The zero-order valence-corrected chi connectivity index (χ0v) is 16.1. The molecule has 0 saturated heterocycles. The second kappa shape index (κ2) is 7.58. The molecular formula is C24H22N3O+. The number of nitriles is 1. The van der Waals surface area contributed by atoms with E-state index in [1.54, 1.807) is 0 Å². The zero-order valence-electron chi connectivity index (χ0n) is 16.1. The average Bonchev–Trinajstić information content (AvgIpc) is 2.98. The van der Waals surface area contributed by atoms with Crippen molar-refractivity contribution in [3.63, 3.8) is 0 Å². The largest absolute Gasteiger partial charge is 0.481 e. The van der Waals surface area contributed by atoms with Gasteiger partial charge in [-0.2, -0.15) is 9.66 Å². The molecule has 138 valence electrons. The Balaban J connectivity index is 1.75. The van der Waals surface area contributed by atoms with Crippen molar-refractivity contribution in [3.8, 4) is 11.8 Å². The predicted molar refractivity (Wildman–Crippen MR) is 108 cm³/mol. The van der Waals surface area contributed by atoms with Gasteiger partial charge in [0.05, 0.1) is 17.8 Å². The normalized spacial score (nSPS) is 10.8. The number of pyridine rings is 1. The van der Waals surface area contributed by atoms with Crippen LogP contribution in [0.1, 0.15) is 28.1 Å². The van der Waals surface area contributed by atoms with Gasteiger partial charge in [-0.05, 0) is 35.4 Å². The SMILES string of the molecule is Cc1c(C)[n+]2cccc(OCc3ccccc3)c2n1Cc1cccc(C#N)c1. The van der Waals surface area contributed by atoms with Gasteiger partial charge in [-0.25, -0.2) is 4.57 Å². The summed E-state index contributed by atoms with van der Waals surface area (Å²) in [6, 6.07) is 24.2. The molecule has 28 heavy (non-hydrogen) atoms. The summed E-state index contributed by atoms with van der Waals surface area (Å²) in [7, 11) is 0. The predicted octanol–water partition coefficient (Wildman–Crippen LogP) is 4.34. The van der Waals surface area contributed by atoms with Crippen LogP contribution in [-0.4, -0.2) is 4.57 Å². The molecule has 0 atom stereocenters. The fourth-order valence-electron chi connectivity index (χ4n) is 3.51. The minimum Gasteiger partial charge on any atom is -0.481 e. The highest BCUT2D eigenvalue weighted by molar-refractivity contribution is 5.51. The lowest BCUT2D eigenvalue weighted by Gasteiger charge is -2.07. The van der Waals surface area contributed by atoms with Crippen LogP contribution in [0.4, 0.5) is 0 Å². The Bertz CT molecular complexity index is 1170. The molecule has 0 radical (unpaired) electrons. The van der Waals surface area contributed by atoms with Crippen molar-refractivity contribution in [1.29, 1.82) is 5.26 Å². The number of fused-ring (bicyclic) bond motifs is 1. The second-order valence-corrected chi connectivity index (χ2v) is 6.91. The Hall–Kier alpha value is -3.58. The Morgan fingerprint density at radius 2 is 1.75 bits per heavy atom. The maximum Gasteiger partial charge on any atom is 0.329 e. The Morgan fingerprint density at radius 1 is 0.964 bits per heavy atom. The minimum absolute atomic E-state index is 0.522. The van der Waals surface area contributed by atoms with Gasteiger partial charge in [0, 0.05) is 13.8 Å². The molecule has 0 aliphatic carbocycles. The highest BCUT2D eigenvalue weighted by Crippen LogP contribution is 2.23. The lowest BCUT2D eigenvalue weighted by atomic mass is 10.1. The lowest BCUT2D eigenvalue weighted by Crippen LogP contribution is -2.23. The summed E-state index contributed by atoms with van der Waals surface area (Å²) in [4.78, 5) is 0. The van der Waals surface area contributed by atoms with Gasteiger partial charge in [-0.3, -0.25) is 0 Å². The van der Waals surface area contributed by atoms with Gasteiger partial charge in [0.1, 0.15) is 24.5 Å². The number of benzene rings is 2. The molecule has 2 heterocycles. The number of nitrogens with zero attached hydrogens (tertiary/aromatic N) is 3. The van der Waals surface area contributed by atoms with E-state index >= 15 is 0 Å². The van der Waals surface area contributed by atoms with Crippen LogP contribution in [0, 0.1) is 25.2 Å². The second-order valence-electron chi connectivity index (χ2n) is 6.91. The third-order valence-corrected chi connectivity index (χ3v) is 5.11. The fraction of sp³-hybridized carbons (Fsp3) is 0.167. The van der Waals surface area contributed by atoms with Gasteiger partial charge in [0.25, 0.3) is 0 Å². The van der Waals surface area contributed by atoms with Crippen molar-refractivity contribution in [2.45, 2.75) is 27.0 Å². The van der Waals surface area contributed by atoms with E-state index in [1.165, 1.54) is 11.4 Å². The van der Waals surface area contributed by atoms with Gasteiger partial charge in [-0.1, -0.05) is 42.5 Å². The van der Waals surface area contributed by atoms with Gasteiger partial charge in [0.15, 0.2) is 0 Å². The first-order valence-electron chi connectivity index (χ1n) is 9.33. The molecule has 0 fully saturated rings. The van der Waals surface area contributed by atoms with Crippen LogP contribution in [0.15, 0.2) is 72.9 Å². The summed E-state index contributed by atoms with van der Waals surface area (Å²) in [5.74, 6) is 0.846. The number of aryl methyl sites for hydroxylation is 1. The van der Waals surface area contributed by atoms with E-state index in [-0.39, 0.29) is 0 Å². The van der Waals surface area contributed by atoms with Gasteiger partial charge in [0.2, 0.25) is 5.75 Å². The van der Waals surface area contributed by atoms with Crippen molar-refractivity contribution in [1.82, 2.24) is 4.57 Å². The van der Waals surface area contributed by atoms with Crippen LogP contribution in [-0.2, 0) is 13.2 Å². The molecule has 2 aromatic carbocycles. The molecule has 0 N–H and O–H groups in total. The number of rotatable bonds is 5. The molecule has 0 aliphatic heterocycles. The Labute approximate surface area is 164 Å². The van der Waals surface area contributed by atoms with E-state index in [0.29, 0.717) is 18.7 Å². The summed E-state index contributed by atoms with van der Waals surface area (Å²) >= 11 is 0. The molecule has 4 nitrogen and oxygen atoms in total. The third kappa shape index (κ3) is 3.35. The smallest absolute Gasteiger partial charge is 0.329 e. The van der Waals surface area contributed by atoms with Crippen LogP contribution in [0.3, 0.4) is 0 Å². The first kappa shape index (κ1) is 17.8. The number of hydrogen-bond donors (Lipinski definition) is 0. The summed E-state index contributed by atoms with van der Waals surface area (Å²) in [5, 5.41) is 9.20. The number of ether oxygens (including phenoxy) is 1. The van der Waals surface area contributed by atoms with Crippen molar-refractivity contribution >= 4 is 5.65 Å². The monoisotopic (exact) mass is 368 g/mol. The standard InChI is InChI=1S/C24H22N3O/c1-18-19(2)27(16-22-11-6-10-21(14-22)15-25)24-23(12-7-13-26(18)24)28-17-20-8-4-3-5-9-20/h3-14H,16-17H2,1-2H3/q+1. The quantitative estimate of drug-likeness (QED) is 0.492. The molecule has 4 rings (SSSR count). The summed E-state index contributed by atoms with van der Waals surface area (Å²) < 4.78 is 10.6. The van der Waals surface area contributed by atoms with Crippen molar-refractivity contribution in [2.75, 3.05) is 0 Å². The van der Waals surface area contributed by atoms with Gasteiger partial charge in [-0.15, -0.1) is 0 Å². The topological polar surface area (TPSA) is 42.0 Å². The summed E-state index contributed by atoms with van der Waals surface area (Å²) in [6.07, 6.45) is 2.06. The van der Waals surface area contributed by atoms with Gasteiger partial charge < -0.3 is 4.74 Å². The molecule has 0 aliphatic rings. The van der Waals surface area contributed by atoms with E-state index in [9.17, 15) is 5.26 Å². The molecule has 4 heteroatoms. The van der Waals surface area contributed by atoms with E-state index in [2.05, 4.69) is 53.3 Å². The summed E-state index contributed by atoms with van der Waals surface area (Å²) in [6.45, 7) is 5.45. The molecular weight excluding hydrogens is 346 g/mol. The number of hydrogen-bond acceptors (Lipinski definition) is 2. The molecule has 0 saturated carbocycles. The van der Waals surface area contributed by atoms with Crippen LogP contribution in [0.2, 0.25) is 0 Å². The number of aromatic nitrogens is 2. The fourth-order valence-corrected chi connectivity index (χ4v) is 3.51. The Morgan fingerprint density at radius 3 is 2.54 bits per heavy atom. The summed E-state index contributed by atoms with van der Waals surface area (Å²) in [5.41, 5.74) is 6.29. The maximum absolute atomic E-state index is 9.20. The van der Waals surface area contributed by atoms with Crippen LogP contribution in [0.25, 0.3) is 5.65 Å². The van der Waals surface area contributed by atoms with Crippen molar-refractivity contribution < 1.29 is 9.14 Å². The Kier molecular flexibility index (Phi) is 4.82. The highest BCUT2D eigenvalue weighted by atomic mass is 16.5. The first-order chi connectivity index (χ1) is 13.7. The van der Waals surface area contributed by atoms with E-state index in [0.717, 1.165) is 22.5 Å². The van der Waals surface area contributed by atoms with Crippen LogP contribution >= 0.6 is 0 Å². The van der Waals surface area contributed by atoms with E-state index < -0.39 is 0 Å². The molecule has 0 bridgehead atoms.